The SMILES string of the molecule is O=S(=O)(c1c(F)cccc1F)N1C[C@@H]2CCCN[C@@H]2C1. The van der Waals surface area contributed by atoms with E-state index in [-0.39, 0.29) is 18.5 Å². The number of hydrogen-bond acceptors (Lipinski definition) is 3. The summed E-state index contributed by atoms with van der Waals surface area (Å²) in [5, 5.41) is 3.27. The Morgan fingerprint density at radius 3 is 2.55 bits per heavy atom. The van der Waals surface area contributed by atoms with Crippen molar-refractivity contribution >= 4 is 10.0 Å². The molecule has 0 bridgehead atoms. The molecular weight excluding hydrogens is 286 g/mol. The maximum atomic E-state index is 13.7. The lowest BCUT2D eigenvalue weighted by Crippen LogP contribution is -2.41. The highest BCUT2D eigenvalue weighted by molar-refractivity contribution is 7.89. The lowest BCUT2D eigenvalue weighted by Gasteiger charge is -2.24. The molecule has 3 rings (SSSR count). The Morgan fingerprint density at radius 1 is 1.20 bits per heavy atom. The van der Waals surface area contributed by atoms with Crippen molar-refractivity contribution in [1.82, 2.24) is 9.62 Å². The zero-order chi connectivity index (χ0) is 14.3. The molecule has 1 aromatic carbocycles. The molecule has 7 heteroatoms. The van der Waals surface area contributed by atoms with E-state index in [0.29, 0.717) is 6.54 Å². The van der Waals surface area contributed by atoms with Gasteiger partial charge in [0.2, 0.25) is 10.0 Å². The molecule has 2 aliphatic heterocycles. The van der Waals surface area contributed by atoms with E-state index in [2.05, 4.69) is 5.32 Å². The highest BCUT2D eigenvalue weighted by atomic mass is 32.2. The molecule has 20 heavy (non-hydrogen) atoms. The highest BCUT2D eigenvalue weighted by Gasteiger charge is 2.41. The number of benzene rings is 1. The Kier molecular flexibility index (Phi) is 3.51. The van der Waals surface area contributed by atoms with Crippen molar-refractivity contribution in [2.24, 2.45) is 5.92 Å². The molecule has 2 saturated heterocycles. The van der Waals surface area contributed by atoms with E-state index < -0.39 is 26.6 Å². The molecule has 0 amide bonds. The van der Waals surface area contributed by atoms with Gasteiger partial charge in [-0.15, -0.1) is 0 Å². The molecule has 110 valence electrons. The average molecular weight is 302 g/mol. The van der Waals surface area contributed by atoms with Crippen LogP contribution in [0.4, 0.5) is 8.78 Å². The van der Waals surface area contributed by atoms with Crippen LogP contribution in [-0.2, 0) is 10.0 Å². The summed E-state index contributed by atoms with van der Waals surface area (Å²) in [5.41, 5.74) is 0. The van der Waals surface area contributed by atoms with Crippen molar-refractivity contribution in [3.05, 3.63) is 29.8 Å². The molecular formula is C13H16F2N2O2S. The maximum Gasteiger partial charge on any atom is 0.248 e. The van der Waals surface area contributed by atoms with Gasteiger partial charge in [0.15, 0.2) is 4.90 Å². The fourth-order valence-electron chi connectivity index (χ4n) is 3.06. The van der Waals surface area contributed by atoms with Crippen LogP contribution in [0, 0.1) is 17.6 Å². The summed E-state index contributed by atoms with van der Waals surface area (Å²) in [6.07, 6.45) is 1.95. The average Bonchev–Trinajstić information content (AvgIpc) is 2.82. The zero-order valence-corrected chi connectivity index (χ0v) is 11.7. The van der Waals surface area contributed by atoms with E-state index in [9.17, 15) is 17.2 Å². The second-order valence-electron chi connectivity index (χ2n) is 5.34. The third-order valence-electron chi connectivity index (χ3n) is 4.08. The second kappa shape index (κ2) is 5.05. The van der Waals surface area contributed by atoms with Crippen molar-refractivity contribution in [2.75, 3.05) is 19.6 Å². The van der Waals surface area contributed by atoms with Gasteiger partial charge >= 0.3 is 0 Å². The van der Waals surface area contributed by atoms with Crippen LogP contribution in [0.25, 0.3) is 0 Å². The van der Waals surface area contributed by atoms with Crippen molar-refractivity contribution < 1.29 is 17.2 Å². The minimum atomic E-state index is -4.11. The van der Waals surface area contributed by atoms with Crippen LogP contribution in [0.5, 0.6) is 0 Å². The van der Waals surface area contributed by atoms with E-state index in [4.69, 9.17) is 0 Å². The highest BCUT2D eigenvalue weighted by Crippen LogP contribution is 2.31. The Bertz CT molecular complexity index is 587. The van der Waals surface area contributed by atoms with Crippen LogP contribution in [-0.4, -0.2) is 38.4 Å². The number of hydrogen-bond donors (Lipinski definition) is 1. The van der Waals surface area contributed by atoms with Crippen LogP contribution in [0.3, 0.4) is 0 Å². The first kappa shape index (κ1) is 13.9. The third-order valence-corrected chi connectivity index (χ3v) is 5.97. The van der Waals surface area contributed by atoms with Crippen LogP contribution >= 0.6 is 0 Å². The summed E-state index contributed by atoms with van der Waals surface area (Å²) in [6.45, 7) is 1.47. The first-order valence-electron chi connectivity index (χ1n) is 6.67. The van der Waals surface area contributed by atoms with Gasteiger partial charge in [0.05, 0.1) is 0 Å². The molecule has 1 aromatic rings. The van der Waals surface area contributed by atoms with Crippen LogP contribution in [0.1, 0.15) is 12.8 Å². The Labute approximate surface area is 116 Å². The second-order valence-corrected chi connectivity index (χ2v) is 7.21. The van der Waals surface area contributed by atoms with E-state index in [1.54, 1.807) is 0 Å². The largest absolute Gasteiger partial charge is 0.312 e. The van der Waals surface area contributed by atoms with Crippen LogP contribution in [0.15, 0.2) is 23.1 Å². The summed E-state index contributed by atoms with van der Waals surface area (Å²) >= 11 is 0. The third kappa shape index (κ3) is 2.23. The van der Waals surface area contributed by atoms with Gasteiger partial charge in [-0.3, -0.25) is 0 Å². The number of nitrogens with one attached hydrogen (secondary N) is 1. The van der Waals surface area contributed by atoms with Gasteiger partial charge in [0.1, 0.15) is 11.6 Å². The first-order valence-corrected chi connectivity index (χ1v) is 8.11. The molecule has 0 unspecified atom stereocenters. The first-order chi connectivity index (χ1) is 9.50. The van der Waals surface area contributed by atoms with E-state index in [1.165, 1.54) is 4.31 Å². The fourth-order valence-corrected chi connectivity index (χ4v) is 4.69. The molecule has 0 aromatic heterocycles. The van der Waals surface area contributed by atoms with Gasteiger partial charge in [-0.1, -0.05) is 6.07 Å². The van der Waals surface area contributed by atoms with Gasteiger partial charge in [0, 0.05) is 19.1 Å². The zero-order valence-electron chi connectivity index (χ0n) is 10.9. The van der Waals surface area contributed by atoms with E-state index >= 15 is 0 Å². The van der Waals surface area contributed by atoms with Gasteiger partial charge in [0.25, 0.3) is 0 Å². The number of halogens is 2. The minimum absolute atomic E-state index is 0.0911. The number of sulfonamides is 1. The van der Waals surface area contributed by atoms with Crippen molar-refractivity contribution in [3.63, 3.8) is 0 Å². The molecule has 2 fully saturated rings. The summed E-state index contributed by atoms with van der Waals surface area (Å²) < 4.78 is 53.5. The molecule has 2 atom stereocenters. The van der Waals surface area contributed by atoms with Gasteiger partial charge in [-0.25, -0.2) is 17.2 Å². The molecule has 0 aliphatic carbocycles. The number of fused-ring (bicyclic) bond motifs is 1. The van der Waals surface area contributed by atoms with Crippen molar-refractivity contribution in [3.8, 4) is 0 Å². The predicted octanol–water partition coefficient (Wildman–Crippen LogP) is 1.34. The Balaban J connectivity index is 1.93. The van der Waals surface area contributed by atoms with Gasteiger partial charge in [-0.2, -0.15) is 4.31 Å². The lowest BCUT2D eigenvalue weighted by molar-refractivity contribution is 0.339. The topological polar surface area (TPSA) is 49.4 Å². The van der Waals surface area contributed by atoms with Crippen LogP contribution < -0.4 is 5.32 Å². The van der Waals surface area contributed by atoms with E-state index in [1.807, 2.05) is 0 Å². The predicted molar refractivity (Wildman–Crippen MR) is 69.6 cm³/mol. The summed E-state index contributed by atoms with van der Waals surface area (Å²) in [4.78, 5) is -0.835. The standard InChI is InChI=1S/C13H16F2N2O2S/c14-10-4-1-5-11(15)13(10)20(18,19)17-7-9-3-2-6-16-12(9)8-17/h1,4-5,9,12,16H,2-3,6-8H2/t9-,12+/m0/s1. The normalized spacial score (nSPS) is 27.5. The molecule has 4 nitrogen and oxygen atoms in total. The summed E-state index contributed by atoms with van der Waals surface area (Å²) in [6, 6.07) is 3.19. The molecule has 2 aliphatic rings. The summed E-state index contributed by atoms with van der Waals surface area (Å²) in [5.74, 6) is -1.84. The monoisotopic (exact) mass is 302 g/mol. The number of rotatable bonds is 2. The Hall–Kier alpha value is -1.05. The number of nitrogens with zero attached hydrogens (tertiary/aromatic N) is 1. The van der Waals surface area contributed by atoms with Crippen molar-refractivity contribution in [1.29, 1.82) is 0 Å². The number of piperidine rings is 1. The molecule has 0 radical (unpaired) electrons. The van der Waals surface area contributed by atoms with Crippen LogP contribution in [0.2, 0.25) is 0 Å². The molecule has 2 heterocycles. The molecule has 0 spiro atoms. The summed E-state index contributed by atoms with van der Waals surface area (Å²) in [7, 11) is -4.11. The Morgan fingerprint density at radius 2 is 1.90 bits per heavy atom. The van der Waals surface area contributed by atoms with Crippen molar-refractivity contribution in [2.45, 2.75) is 23.8 Å². The smallest absolute Gasteiger partial charge is 0.248 e. The fraction of sp³-hybridized carbons (Fsp3) is 0.538. The van der Waals surface area contributed by atoms with E-state index in [0.717, 1.165) is 37.6 Å². The molecule has 0 saturated carbocycles. The quantitative estimate of drug-likeness (QED) is 0.897. The minimum Gasteiger partial charge on any atom is -0.312 e. The maximum absolute atomic E-state index is 13.7. The molecule has 1 N–H and O–H groups in total. The van der Waals surface area contributed by atoms with Gasteiger partial charge in [-0.05, 0) is 37.4 Å². The lowest BCUT2D eigenvalue weighted by atomic mass is 9.94. The van der Waals surface area contributed by atoms with Gasteiger partial charge < -0.3 is 5.32 Å².